The van der Waals surface area contributed by atoms with Gasteiger partial charge in [-0.15, -0.1) is 0 Å². The van der Waals surface area contributed by atoms with Crippen LogP contribution < -0.4 is 0 Å². The van der Waals surface area contributed by atoms with Gasteiger partial charge in [-0.25, -0.2) is 8.78 Å². The van der Waals surface area contributed by atoms with Crippen molar-refractivity contribution in [2.24, 2.45) is 0 Å². The normalized spacial score (nSPS) is 12.9. The minimum atomic E-state index is -2.96. The van der Waals surface area contributed by atoms with Crippen LogP contribution in [-0.2, 0) is 11.3 Å². The van der Waals surface area contributed by atoms with Crippen molar-refractivity contribution in [3.8, 4) is 0 Å². The summed E-state index contributed by atoms with van der Waals surface area (Å²) in [6.07, 6.45) is -0.526. The molecule has 0 saturated carbocycles. The van der Waals surface area contributed by atoms with Gasteiger partial charge in [0.1, 0.15) is 0 Å². The van der Waals surface area contributed by atoms with Crippen LogP contribution in [0.1, 0.15) is 43.9 Å². The van der Waals surface area contributed by atoms with E-state index in [4.69, 9.17) is 5.11 Å². The van der Waals surface area contributed by atoms with E-state index in [0.717, 1.165) is 5.56 Å². The molecule has 0 bridgehead atoms. The number of alkyl halides is 2. The molecule has 0 saturated heterocycles. The van der Waals surface area contributed by atoms with Crippen molar-refractivity contribution in [3.63, 3.8) is 0 Å². The maximum atomic E-state index is 13.8. The Balaban J connectivity index is 3.24. The molecule has 17 heavy (non-hydrogen) atoms. The fourth-order valence-electron chi connectivity index (χ4n) is 1.76. The van der Waals surface area contributed by atoms with Crippen molar-refractivity contribution in [3.05, 3.63) is 34.9 Å². The van der Waals surface area contributed by atoms with Crippen LogP contribution in [0.15, 0.2) is 18.2 Å². The highest BCUT2D eigenvalue weighted by Crippen LogP contribution is 2.36. The molecule has 1 rings (SSSR count). The van der Waals surface area contributed by atoms with E-state index in [1.165, 1.54) is 0 Å². The minimum Gasteiger partial charge on any atom is -0.396 e. The van der Waals surface area contributed by atoms with Crippen LogP contribution in [0.3, 0.4) is 0 Å². The van der Waals surface area contributed by atoms with E-state index >= 15 is 0 Å². The first kappa shape index (κ1) is 14.1. The summed E-state index contributed by atoms with van der Waals surface area (Å²) in [4.78, 5) is 0. The van der Waals surface area contributed by atoms with Gasteiger partial charge in [0.05, 0.1) is 0 Å². The largest absolute Gasteiger partial charge is 0.396 e. The number of hydrogen-bond acceptors (Lipinski definition) is 1. The lowest BCUT2D eigenvalue weighted by atomic mass is 9.84. The smallest absolute Gasteiger partial charge is 0.275 e. The molecule has 0 amide bonds. The molecule has 0 unspecified atom stereocenters. The van der Waals surface area contributed by atoms with Crippen LogP contribution in [0.4, 0.5) is 8.78 Å². The average molecular weight is 242 g/mol. The molecule has 0 radical (unpaired) electrons. The van der Waals surface area contributed by atoms with Crippen LogP contribution in [0.2, 0.25) is 0 Å². The summed E-state index contributed by atoms with van der Waals surface area (Å²) in [5.74, 6) is -2.96. The molecule has 96 valence electrons. The van der Waals surface area contributed by atoms with Crippen molar-refractivity contribution in [1.29, 1.82) is 0 Å². The quantitative estimate of drug-likeness (QED) is 0.855. The number of hydrogen-bond donors (Lipinski definition) is 1. The molecule has 0 aliphatic heterocycles. The minimum absolute atomic E-state index is 0.0268. The second kappa shape index (κ2) is 4.73. The molecule has 1 aromatic rings. The van der Waals surface area contributed by atoms with Gasteiger partial charge < -0.3 is 5.11 Å². The standard InChI is InChI=1S/C14H20F2O/c1-10-5-6-11(13(2,3)4)9-12(10)14(15,16)7-8-17/h5-6,9,17H,7-8H2,1-4H3. The van der Waals surface area contributed by atoms with Gasteiger partial charge in [0.15, 0.2) is 0 Å². The first-order valence-corrected chi connectivity index (χ1v) is 5.79. The maximum absolute atomic E-state index is 13.8. The SMILES string of the molecule is Cc1ccc(C(C)(C)C)cc1C(F)(F)CCO. The summed E-state index contributed by atoms with van der Waals surface area (Å²) in [5, 5.41) is 8.70. The molecular formula is C14H20F2O. The van der Waals surface area contributed by atoms with Gasteiger partial charge in [0.2, 0.25) is 0 Å². The molecule has 0 atom stereocenters. The lowest BCUT2D eigenvalue weighted by Crippen LogP contribution is -2.19. The molecule has 1 aromatic carbocycles. The lowest BCUT2D eigenvalue weighted by molar-refractivity contribution is -0.0275. The predicted molar refractivity (Wildman–Crippen MR) is 65.5 cm³/mol. The highest BCUT2D eigenvalue weighted by Gasteiger charge is 2.33. The highest BCUT2D eigenvalue weighted by molar-refractivity contribution is 5.37. The fraction of sp³-hybridized carbons (Fsp3) is 0.571. The van der Waals surface area contributed by atoms with E-state index in [1.54, 1.807) is 19.1 Å². The van der Waals surface area contributed by atoms with Gasteiger partial charge in [-0.3, -0.25) is 0 Å². The second-order valence-corrected chi connectivity index (χ2v) is 5.46. The summed E-state index contributed by atoms with van der Waals surface area (Å²) in [6, 6.07) is 5.17. The third-order valence-electron chi connectivity index (χ3n) is 2.92. The summed E-state index contributed by atoms with van der Waals surface area (Å²) < 4.78 is 27.7. The Hall–Kier alpha value is -0.960. The Morgan fingerprint density at radius 2 is 1.76 bits per heavy atom. The van der Waals surface area contributed by atoms with E-state index in [9.17, 15) is 8.78 Å². The number of rotatable bonds is 3. The fourth-order valence-corrected chi connectivity index (χ4v) is 1.76. The van der Waals surface area contributed by atoms with E-state index in [-0.39, 0.29) is 11.0 Å². The van der Waals surface area contributed by atoms with Gasteiger partial charge >= 0.3 is 0 Å². The van der Waals surface area contributed by atoms with Crippen LogP contribution in [0.25, 0.3) is 0 Å². The molecule has 3 heteroatoms. The van der Waals surface area contributed by atoms with Crippen LogP contribution >= 0.6 is 0 Å². The third kappa shape index (κ3) is 3.25. The molecular weight excluding hydrogens is 222 g/mol. The Morgan fingerprint density at radius 3 is 2.24 bits per heavy atom. The zero-order chi connectivity index (χ0) is 13.3. The van der Waals surface area contributed by atoms with Crippen LogP contribution in [0, 0.1) is 6.92 Å². The Labute approximate surface area is 101 Å². The van der Waals surface area contributed by atoms with Gasteiger partial charge in [0.25, 0.3) is 5.92 Å². The number of aliphatic hydroxyl groups is 1. The molecule has 0 heterocycles. The van der Waals surface area contributed by atoms with Crippen molar-refractivity contribution < 1.29 is 13.9 Å². The lowest BCUT2D eigenvalue weighted by Gasteiger charge is -2.24. The molecule has 1 nitrogen and oxygen atoms in total. The van der Waals surface area contributed by atoms with Gasteiger partial charge in [-0.2, -0.15) is 0 Å². The van der Waals surface area contributed by atoms with Gasteiger partial charge in [0, 0.05) is 18.6 Å². The monoisotopic (exact) mass is 242 g/mol. The number of aryl methyl sites for hydroxylation is 1. The van der Waals surface area contributed by atoms with E-state index in [1.807, 2.05) is 26.8 Å². The Morgan fingerprint density at radius 1 is 1.18 bits per heavy atom. The maximum Gasteiger partial charge on any atom is 0.275 e. The summed E-state index contributed by atoms with van der Waals surface area (Å²) in [5.41, 5.74) is 1.32. The molecule has 1 N–H and O–H groups in total. The Kier molecular flexibility index (Phi) is 3.92. The molecule has 0 spiro atoms. The van der Waals surface area contributed by atoms with E-state index < -0.39 is 19.0 Å². The van der Waals surface area contributed by atoms with Crippen molar-refractivity contribution in [2.75, 3.05) is 6.61 Å². The number of aliphatic hydroxyl groups excluding tert-OH is 1. The average Bonchev–Trinajstić information content (AvgIpc) is 2.15. The first-order valence-electron chi connectivity index (χ1n) is 5.79. The summed E-state index contributed by atoms with van der Waals surface area (Å²) in [6.45, 7) is 7.14. The predicted octanol–water partition coefficient (Wildman–Crippen LogP) is 3.77. The summed E-state index contributed by atoms with van der Waals surface area (Å²) in [7, 11) is 0. The topological polar surface area (TPSA) is 20.2 Å². The zero-order valence-electron chi connectivity index (χ0n) is 10.8. The van der Waals surface area contributed by atoms with Gasteiger partial charge in [-0.1, -0.05) is 32.9 Å². The molecule has 0 aromatic heterocycles. The van der Waals surface area contributed by atoms with Crippen LogP contribution in [0.5, 0.6) is 0 Å². The molecule has 0 aliphatic rings. The number of halogens is 2. The summed E-state index contributed by atoms with van der Waals surface area (Å²) >= 11 is 0. The Bertz CT molecular complexity index is 392. The third-order valence-corrected chi connectivity index (χ3v) is 2.92. The van der Waals surface area contributed by atoms with Crippen LogP contribution in [-0.4, -0.2) is 11.7 Å². The first-order chi connectivity index (χ1) is 7.68. The zero-order valence-corrected chi connectivity index (χ0v) is 10.8. The van der Waals surface area contributed by atoms with Crippen molar-refractivity contribution in [1.82, 2.24) is 0 Å². The van der Waals surface area contributed by atoms with E-state index in [2.05, 4.69) is 0 Å². The molecule has 0 fully saturated rings. The van der Waals surface area contributed by atoms with Crippen molar-refractivity contribution >= 4 is 0 Å². The van der Waals surface area contributed by atoms with Gasteiger partial charge in [-0.05, 0) is 29.5 Å². The van der Waals surface area contributed by atoms with E-state index in [0.29, 0.717) is 5.56 Å². The highest BCUT2D eigenvalue weighted by atomic mass is 19.3. The van der Waals surface area contributed by atoms with Crippen molar-refractivity contribution in [2.45, 2.75) is 45.5 Å². The molecule has 0 aliphatic carbocycles. The second-order valence-electron chi connectivity index (χ2n) is 5.46. The number of benzene rings is 1.